The first-order valence-corrected chi connectivity index (χ1v) is 3.09. The summed E-state index contributed by atoms with van der Waals surface area (Å²) in [6.45, 7) is 7.48. The van der Waals surface area contributed by atoms with Crippen LogP contribution in [0.5, 0.6) is 0 Å². The molecule has 9 heavy (non-hydrogen) atoms. The fraction of sp³-hybridized carbons (Fsp3) is 0.714. The minimum absolute atomic E-state index is 0.473. The Balaban J connectivity index is 3.55. The van der Waals surface area contributed by atoms with Crippen molar-refractivity contribution in [1.82, 2.24) is 0 Å². The van der Waals surface area contributed by atoms with E-state index < -0.39 is 5.79 Å². The molecule has 0 aromatic carbocycles. The van der Waals surface area contributed by atoms with Crippen molar-refractivity contribution in [2.45, 2.75) is 26.1 Å². The summed E-state index contributed by atoms with van der Waals surface area (Å²) in [5.41, 5.74) is 0. The Hall–Kier alpha value is -0.340. The summed E-state index contributed by atoms with van der Waals surface area (Å²) >= 11 is 0. The molecule has 0 aliphatic rings. The molecule has 0 fully saturated rings. The molecule has 0 radical (unpaired) electrons. The van der Waals surface area contributed by atoms with Gasteiger partial charge in [0.1, 0.15) is 0 Å². The SMILES string of the molecule is C=CCC(C)(O)OCC. The van der Waals surface area contributed by atoms with Crippen LogP contribution in [0, 0.1) is 0 Å². The Labute approximate surface area is 56.1 Å². The molecule has 0 amide bonds. The maximum Gasteiger partial charge on any atom is 0.166 e. The maximum absolute atomic E-state index is 9.22. The molecule has 0 aliphatic carbocycles. The first kappa shape index (κ1) is 8.66. The number of aliphatic hydroxyl groups is 1. The van der Waals surface area contributed by atoms with Crippen LogP contribution in [0.1, 0.15) is 20.3 Å². The molecule has 0 heterocycles. The van der Waals surface area contributed by atoms with Crippen molar-refractivity contribution in [2.75, 3.05) is 6.61 Å². The van der Waals surface area contributed by atoms with Crippen LogP contribution in [0.15, 0.2) is 12.7 Å². The van der Waals surface area contributed by atoms with Gasteiger partial charge in [0.2, 0.25) is 0 Å². The zero-order valence-electron chi connectivity index (χ0n) is 6.05. The van der Waals surface area contributed by atoms with E-state index in [9.17, 15) is 5.11 Å². The minimum atomic E-state index is -1.02. The van der Waals surface area contributed by atoms with Gasteiger partial charge in [-0.15, -0.1) is 6.58 Å². The van der Waals surface area contributed by atoms with Crippen LogP contribution in [-0.2, 0) is 4.74 Å². The summed E-state index contributed by atoms with van der Waals surface area (Å²) in [4.78, 5) is 0. The third-order valence-corrected chi connectivity index (χ3v) is 0.978. The predicted octanol–water partition coefficient (Wildman–Crippen LogP) is 1.31. The van der Waals surface area contributed by atoms with Crippen molar-refractivity contribution in [1.29, 1.82) is 0 Å². The third-order valence-electron chi connectivity index (χ3n) is 0.978. The zero-order chi connectivity index (χ0) is 7.33. The molecule has 0 aromatic heterocycles. The molecule has 0 aromatic rings. The lowest BCUT2D eigenvalue weighted by Gasteiger charge is -2.20. The smallest absolute Gasteiger partial charge is 0.166 e. The third kappa shape index (κ3) is 4.18. The second kappa shape index (κ2) is 3.64. The van der Waals surface area contributed by atoms with Crippen LogP contribution in [0.3, 0.4) is 0 Å². The number of hydrogen-bond acceptors (Lipinski definition) is 2. The van der Waals surface area contributed by atoms with Crippen LogP contribution >= 0.6 is 0 Å². The first-order chi connectivity index (χ1) is 4.12. The maximum atomic E-state index is 9.22. The van der Waals surface area contributed by atoms with Gasteiger partial charge in [-0.1, -0.05) is 6.08 Å². The highest BCUT2D eigenvalue weighted by Crippen LogP contribution is 2.10. The van der Waals surface area contributed by atoms with Crippen LogP contribution < -0.4 is 0 Å². The highest BCUT2D eigenvalue weighted by Gasteiger charge is 2.16. The molecule has 0 spiro atoms. The lowest BCUT2D eigenvalue weighted by Crippen LogP contribution is -2.26. The Morgan fingerprint density at radius 2 is 2.33 bits per heavy atom. The highest BCUT2D eigenvalue weighted by atomic mass is 16.6. The molecular formula is C7H14O2. The van der Waals surface area contributed by atoms with Gasteiger partial charge in [-0.2, -0.15) is 0 Å². The zero-order valence-corrected chi connectivity index (χ0v) is 6.05. The van der Waals surface area contributed by atoms with Crippen LogP contribution in [0.25, 0.3) is 0 Å². The van der Waals surface area contributed by atoms with Crippen LogP contribution in [-0.4, -0.2) is 17.5 Å². The summed E-state index contributed by atoms with van der Waals surface area (Å²) in [5.74, 6) is -1.02. The van der Waals surface area contributed by atoms with Crippen LogP contribution in [0.2, 0.25) is 0 Å². The second-order valence-electron chi connectivity index (χ2n) is 2.10. The van der Waals surface area contributed by atoms with E-state index in [2.05, 4.69) is 6.58 Å². The fourth-order valence-electron chi connectivity index (χ4n) is 0.638. The van der Waals surface area contributed by atoms with Crippen molar-refractivity contribution in [3.05, 3.63) is 12.7 Å². The Morgan fingerprint density at radius 1 is 1.78 bits per heavy atom. The molecule has 0 saturated carbocycles. The van der Waals surface area contributed by atoms with E-state index in [0.29, 0.717) is 13.0 Å². The molecule has 54 valence electrons. The molecule has 0 aliphatic heterocycles. The largest absolute Gasteiger partial charge is 0.365 e. The normalized spacial score (nSPS) is 16.8. The summed E-state index contributed by atoms with van der Waals surface area (Å²) in [6, 6.07) is 0. The molecule has 1 N–H and O–H groups in total. The van der Waals surface area contributed by atoms with Gasteiger partial charge < -0.3 is 9.84 Å². The Bertz CT molecular complexity index is 86.9. The van der Waals surface area contributed by atoms with E-state index >= 15 is 0 Å². The van der Waals surface area contributed by atoms with Gasteiger partial charge in [-0.25, -0.2) is 0 Å². The van der Waals surface area contributed by atoms with Gasteiger partial charge in [0.25, 0.3) is 0 Å². The molecule has 1 unspecified atom stereocenters. The molecular weight excluding hydrogens is 116 g/mol. The van der Waals surface area contributed by atoms with E-state index in [4.69, 9.17) is 4.74 Å². The number of rotatable bonds is 4. The first-order valence-electron chi connectivity index (χ1n) is 3.09. The van der Waals surface area contributed by atoms with Gasteiger partial charge in [0, 0.05) is 13.0 Å². The van der Waals surface area contributed by atoms with Crippen molar-refractivity contribution in [3.63, 3.8) is 0 Å². The van der Waals surface area contributed by atoms with Gasteiger partial charge >= 0.3 is 0 Å². The standard InChI is InChI=1S/C7H14O2/c1-4-6-7(3,8)9-5-2/h4,8H,1,5-6H2,2-3H3. The molecule has 0 rings (SSSR count). The van der Waals surface area contributed by atoms with E-state index in [1.54, 1.807) is 13.0 Å². The lowest BCUT2D eigenvalue weighted by atomic mass is 10.2. The van der Waals surface area contributed by atoms with E-state index in [0.717, 1.165) is 0 Å². The monoisotopic (exact) mass is 130 g/mol. The summed E-state index contributed by atoms with van der Waals surface area (Å²) < 4.78 is 4.95. The van der Waals surface area contributed by atoms with Crippen molar-refractivity contribution in [3.8, 4) is 0 Å². The molecule has 2 heteroatoms. The minimum Gasteiger partial charge on any atom is -0.365 e. The topological polar surface area (TPSA) is 29.5 Å². The van der Waals surface area contributed by atoms with Gasteiger partial charge in [-0.05, 0) is 13.8 Å². The van der Waals surface area contributed by atoms with Gasteiger partial charge in [-0.3, -0.25) is 0 Å². The number of hydrogen-bond donors (Lipinski definition) is 1. The predicted molar refractivity (Wildman–Crippen MR) is 37.1 cm³/mol. The second-order valence-corrected chi connectivity index (χ2v) is 2.10. The fourth-order valence-corrected chi connectivity index (χ4v) is 0.638. The average molecular weight is 130 g/mol. The highest BCUT2D eigenvalue weighted by molar-refractivity contribution is 4.75. The van der Waals surface area contributed by atoms with Crippen molar-refractivity contribution in [2.24, 2.45) is 0 Å². The molecule has 1 atom stereocenters. The summed E-state index contributed by atoms with van der Waals surface area (Å²) in [5, 5.41) is 9.22. The van der Waals surface area contributed by atoms with E-state index in [1.807, 2.05) is 6.92 Å². The van der Waals surface area contributed by atoms with Gasteiger partial charge in [0.05, 0.1) is 0 Å². The summed E-state index contributed by atoms with van der Waals surface area (Å²) in [6.07, 6.45) is 2.11. The molecule has 0 saturated heterocycles. The van der Waals surface area contributed by atoms with E-state index in [-0.39, 0.29) is 0 Å². The molecule has 2 nitrogen and oxygen atoms in total. The van der Waals surface area contributed by atoms with E-state index in [1.165, 1.54) is 0 Å². The summed E-state index contributed by atoms with van der Waals surface area (Å²) in [7, 11) is 0. The number of ether oxygens (including phenoxy) is 1. The lowest BCUT2D eigenvalue weighted by molar-refractivity contribution is -0.183. The Morgan fingerprint density at radius 3 is 2.67 bits per heavy atom. The van der Waals surface area contributed by atoms with Crippen molar-refractivity contribution >= 4 is 0 Å². The molecule has 0 bridgehead atoms. The Kier molecular flexibility index (Phi) is 3.50. The van der Waals surface area contributed by atoms with Crippen molar-refractivity contribution < 1.29 is 9.84 Å². The van der Waals surface area contributed by atoms with Gasteiger partial charge in [0.15, 0.2) is 5.79 Å². The average Bonchev–Trinajstić information content (AvgIpc) is 1.64. The quantitative estimate of drug-likeness (QED) is 0.459. The van der Waals surface area contributed by atoms with Crippen LogP contribution in [0.4, 0.5) is 0 Å².